The molecule has 5 nitrogen and oxygen atoms in total. The number of carbonyl (C=O) groups excluding carboxylic acids is 1. The Morgan fingerprint density at radius 3 is 2.86 bits per heavy atom. The van der Waals surface area contributed by atoms with Crippen molar-refractivity contribution in [3.05, 3.63) is 40.9 Å². The van der Waals surface area contributed by atoms with Gasteiger partial charge in [0.1, 0.15) is 11.0 Å². The largest absolute Gasteiger partial charge is 0.348 e. The van der Waals surface area contributed by atoms with Crippen molar-refractivity contribution in [1.29, 1.82) is 0 Å². The topological polar surface area (TPSA) is 58.1 Å². The number of likely N-dealkylation sites (tertiary alicyclic amines) is 1. The van der Waals surface area contributed by atoms with Gasteiger partial charge >= 0.3 is 0 Å². The number of rotatable bonds is 6. The highest BCUT2D eigenvalue weighted by Crippen LogP contribution is 2.20. The minimum atomic E-state index is -0.149. The summed E-state index contributed by atoms with van der Waals surface area (Å²) in [4.78, 5) is 14.3. The number of aryl methyl sites for hydroxylation is 2. The van der Waals surface area contributed by atoms with Crippen LogP contribution in [0.25, 0.3) is 0 Å². The van der Waals surface area contributed by atoms with Gasteiger partial charge in [-0.2, -0.15) is 0 Å². The lowest BCUT2D eigenvalue weighted by molar-refractivity contribution is -0.128. The minimum absolute atomic E-state index is 0.149. The molecule has 6 heteroatoms. The van der Waals surface area contributed by atoms with Crippen LogP contribution in [0.4, 0.5) is 5.13 Å². The first-order chi connectivity index (χ1) is 10.7. The lowest BCUT2D eigenvalue weighted by atomic mass is 10.1. The van der Waals surface area contributed by atoms with E-state index in [2.05, 4.69) is 39.8 Å². The molecule has 116 valence electrons. The molecule has 1 atom stereocenters. The van der Waals surface area contributed by atoms with E-state index < -0.39 is 0 Å². The number of hydrogen-bond donors (Lipinski definition) is 1. The first kappa shape index (κ1) is 15.0. The second-order valence-electron chi connectivity index (χ2n) is 5.53. The van der Waals surface area contributed by atoms with Gasteiger partial charge in [0.2, 0.25) is 11.0 Å². The quantitative estimate of drug-likeness (QED) is 0.889. The third kappa shape index (κ3) is 3.62. The SMILES string of the molecule is Cc1nnc(NC2CCN(CCCc3ccccc3)C2=O)s1. The fourth-order valence-corrected chi connectivity index (χ4v) is 3.36. The molecule has 1 fully saturated rings. The van der Waals surface area contributed by atoms with Crippen molar-refractivity contribution in [2.75, 3.05) is 18.4 Å². The van der Waals surface area contributed by atoms with Crippen LogP contribution in [0.15, 0.2) is 30.3 Å². The number of hydrogen-bond acceptors (Lipinski definition) is 5. The van der Waals surface area contributed by atoms with Crippen molar-refractivity contribution in [1.82, 2.24) is 15.1 Å². The molecule has 1 aliphatic heterocycles. The molecule has 1 aromatic carbocycles. The molecule has 2 heterocycles. The highest BCUT2D eigenvalue weighted by Gasteiger charge is 2.31. The molecule has 0 saturated carbocycles. The van der Waals surface area contributed by atoms with E-state index in [0.29, 0.717) is 0 Å². The number of aromatic nitrogens is 2. The summed E-state index contributed by atoms with van der Waals surface area (Å²) in [6, 6.07) is 10.3. The van der Waals surface area contributed by atoms with Crippen LogP contribution in [0.1, 0.15) is 23.4 Å². The molecule has 0 radical (unpaired) electrons. The maximum atomic E-state index is 12.4. The Kier molecular flexibility index (Phi) is 4.68. The molecule has 0 spiro atoms. The Hall–Kier alpha value is -1.95. The van der Waals surface area contributed by atoms with E-state index in [1.165, 1.54) is 16.9 Å². The van der Waals surface area contributed by atoms with Gasteiger partial charge in [-0.3, -0.25) is 4.79 Å². The predicted molar refractivity (Wildman–Crippen MR) is 88.0 cm³/mol. The molecule has 3 rings (SSSR count). The summed E-state index contributed by atoms with van der Waals surface area (Å²) in [5, 5.41) is 12.8. The van der Waals surface area contributed by atoms with E-state index in [4.69, 9.17) is 0 Å². The smallest absolute Gasteiger partial charge is 0.245 e. The zero-order chi connectivity index (χ0) is 15.4. The molecule has 1 aliphatic rings. The molecule has 1 amide bonds. The molecule has 1 saturated heterocycles. The van der Waals surface area contributed by atoms with Gasteiger partial charge in [0.15, 0.2) is 0 Å². The summed E-state index contributed by atoms with van der Waals surface area (Å²) in [7, 11) is 0. The van der Waals surface area contributed by atoms with E-state index >= 15 is 0 Å². The summed E-state index contributed by atoms with van der Waals surface area (Å²) >= 11 is 1.49. The van der Waals surface area contributed by atoms with Crippen LogP contribution in [0.3, 0.4) is 0 Å². The molecule has 2 aromatic rings. The average Bonchev–Trinajstić information content (AvgIpc) is 3.09. The summed E-state index contributed by atoms with van der Waals surface area (Å²) in [5.74, 6) is 0.181. The molecule has 0 bridgehead atoms. The van der Waals surface area contributed by atoms with Crippen LogP contribution < -0.4 is 5.32 Å². The van der Waals surface area contributed by atoms with Gasteiger partial charge in [-0.15, -0.1) is 10.2 Å². The fraction of sp³-hybridized carbons (Fsp3) is 0.438. The highest BCUT2D eigenvalue weighted by atomic mass is 32.1. The molecule has 0 aliphatic carbocycles. The normalized spacial score (nSPS) is 18.0. The van der Waals surface area contributed by atoms with Crippen LogP contribution >= 0.6 is 11.3 Å². The fourth-order valence-electron chi connectivity index (χ4n) is 2.72. The van der Waals surface area contributed by atoms with Gasteiger partial charge in [0.05, 0.1) is 0 Å². The van der Waals surface area contributed by atoms with E-state index in [-0.39, 0.29) is 11.9 Å². The molecule has 22 heavy (non-hydrogen) atoms. The van der Waals surface area contributed by atoms with Crippen molar-refractivity contribution >= 4 is 22.4 Å². The standard InChI is InChI=1S/C16H20N4OS/c1-12-18-19-16(22-12)17-14-9-11-20(15(14)21)10-5-8-13-6-3-2-4-7-13/h2-4,6-7,14H,5,8-11H2,1H3,(H,17,19). The van der Waals surface area contributed by atoms with Crippen LogP contribution in [0.2, 0.25) is 0 Å². The Balaban J connectivity index is 1.46. The van der Waals surface area contributed by atoms with Crippen LogP contribution in [-0.2, 0) is 11.2 Å². The van der Waals surface area contributed by atoms with Crippen molar-refractivity contribution < 1.29 is 4.79 Å². The zero-order valence-electron chi connectivity index (χ0n) is 12.7. The lowest BCUT2D eigenvalue weighted by Gasteiger charge is -2.16. The molecular formula is C16H20N4OS. The summed E-state index contributed by atoms with van der Waals surface area (Å²) < 4.78 is 0. The Labute approximate surface area is 134 Å². The third-order valence-corrected chi connectivity index (χ3v) is 4.63. The maximum Gasteiger partial charge on any atom is 0.245 e. The van der Waals surface area contributed by atoms with E-state index in [0.717, 1.165) is 42.5 Å². The maximum absolute atomic E-state index is 12.4. The third-order valence-electron chi connectivity index (χ3n) is 3.86. The van der Waals surface area contributed by atoms with E-state index in [1.807, 2.05) is 17.9 Å². The molecule has 1 aromatic heterocycles. The van der Waals surface area contributed by atoms with Crippen molar-refractivity contribution in [2.45, 2.75) is 32.2 Å². The van der Waals surface area contributed by atoms with Crippen molar-refractivity contribution in [3.8, 4) is 0 Å². The Bertz CT molecular complexity index is 628. The van der Waals surface area contributed by atoms with Gasteiger partial charge in [-0.05, 0) is 31.7 Å². The summed E-state index contributed by atoms with van der Waals surface area (Å²) in [5.41, 5.74) is 1.33. The molecule has 1 unspecified atom stereocenters. The minimum Gasteiger partial charge on any atom is -0.348 e. The van der Waals surface area contributed by atoms with E-state index in [1.54, 1.807) is 0 Å². The van der Waals surface area contributed by atoms with E-state index in [9.17, 15) is 4.79 Å². The predicted octanol–water partition coefficient (Wildman–Crippen LogP) is 2.49. The highest BCUT2D eigenvalue weighted by molar-refractivity contribution is 7.15. The van der Waals surface area contributed by atoms with Gasteiger partial charge < -0.3 is 10.2 Å². The zero-order valence-corrected chi connectivity index (χ0v) is 13.5. The number of benzene rings is 1. The van der Waals surface area contributed by atoms with Crippen LogP contribution in [0.5, 0.6) is 0 Å². The summed E-state index contributed by atoms with van der Waals surface area (Å²) in [6.45, 7) is 3.55. The number of nitrogens with one attached hydrogen (secondary N) is 1. The van der Waals surface area contributed by atoms with Crippen LogP contribution in [-0.4, -0.2) is 40.1 Å². The van der Waals surface area contributed by atoms with Gasteiger partial charge in [0.25, 0.3) is 0 Å². The number of nitrogens with zero attached hydrogens (tertiary/aromatic N) is 3. The first-order valence-electron chi connectivity index (χ1n) is 7.62. The van der Waals surface area contributed by atoms with Gasteiger partial charge in [-0.1, -0.05) is 41.7 Å². The average molecular weight is 316 g/mol. The number of carbonyl (C=O) groups is 1. The number of anilines is 1. The van der Waals surface area contributed by atoms with Crippen LogP contribution in [0, 0.1) is 6.92 Å². The second kappa shape index (κ2) is 6.87. The summed E-state index contributed by atoms with van der Waals surface area (Å²) in [6.07, 6.45) is 2.85. The Morgan fingerprint density at radius 1 is 1.32 bits per heavy atom. The van der Waals surface area contributed by atoms with Crippen molar-refractivity contribution in [2.24, 2.45) is 0 Å². The van der Waals surface area contributed by atoms with Gasteiger partial charge in [0, 0.05) is 13.1 Å². The monoisotopic (exact) mass is 316 g/mol. The van der Waals surface area contributed by atoms with Crippen molar-refractivity contribution in [3.63, 3.8) is 0 Å². The second-order valence-corrected chi connectivity index (χ2v) is 6.71. The Morgan fingerprint density at radius 2 is 2.14 bits per heavy atom. The molecule has 1 N–H and O–H groups in total. The lowest BCUT2D eigenvalue weighted by Crippen LogP contribution is -2.34. The number of amides is 1. The molecular weight excluding hydrogens is 296 g/mol. The first-order valence-corrected chi connectivity index (χ1v) is 8.43. The van der Waals surface area contributed by atoms with Gasteiger partial charge in [-0.25, -0.2) is 0 Å².